The molecule has 4 unspecified atom stereocenters. The minimum absolute atomic E-state index is 0.362. The fourth-order valence-corrected chi connectivity index (χ4v) is 10.1. The molecule has 420 valence electrons. The summed E-state index contributed by atoms with van der Waals surface area (Å²) < 4.78 is 0. The van der Waals surface area contributed by atoms with Gasteiger partial charge in [0, 0.05) is 0 Å². The van der Waals surface area contributed by atoms with E-state index >= 15 is 0 Å². The van der Waals surface area contributed by atoms with Gasteiger partial charge in [0.15, 0.2) is 0 Å². The SMILES string of the molecule is CCCCCCCCCCCCCCCCCCCCC/C=C/CC/C=C/CC/C=C/CCCC(O)C(O)C(CO)NC(=O)C(O)CCCCCCCCCCCCCCCCCCCCCCCCC. The van der Waals surface area contributed by atoms with Crippen LogP contribution in [-0.2, 0) is 4.79 Å². The van der Waals surface area contributed by atoms with Crippen LogP contribution in [0.2, 0.25) is 0 Å². The molecule has 1 amide bonds. The molecular weight excluding hydrogens is 875 g/mol. The summed E-state index contributed by atoms with van der Waals surface area (Å²) in [6, 6.07) is -1.01. The molecule has 6 heteroatoms. The number of allylic oxidation sites excluding steroid dienone is 6. The Bertz CT molecular complexity index is 1120. The van der Waals surface area contributed by atoms with Gasteiger partial charge in [-0.2, -0.15) is 0 Å². The van der Waals surface area contributed by atoms with Crippen molar-refractivity contribution < 1.29 is 25.2 Å². The first kappa shape index (κ1) is 69.5. The van der Waals surface area contributed by atoms with Gasteiger partial charge in [-0.1, -0.05) is 314 Å². The fourth-order valence-electron chi connectivity index (χ4n) is 10.1. The smallest absolute Gasteiger partial charge is 0.249 e. The molecule has 0 heterocycles. The largest absolute Gasteiger partial charge is 0.394 e. The number of rotatable bonds is 59. The third-order valence-corrected chi connectivity index (χ3v) is 15.1. The van der Waals surface area contributed by atoms with Gasteiger partial charge in [-0.15, -0.1) is 0 Å². The highest BCUT2D eigenvalue weighted by atomic mass is 16.3. The molecule has 6 nitrogen and oxygen atoms in total. The molecule has 0 aliphatic carbocycles. The third-order valence-electron chi connectivity index (χ3n) is 15.1. The van der Waals surface area contributed by atoms with Crippen LogP contribution in [0.3, 0.4) is 0 Å². The van der Waals surface area contributed by atoms with Gasteiger partial charge in [0.25, 0.3) is 0 Å². The molecule has 0 aromatic heterocycles. The van der Waals surface area contributed by atoms with Crippen molar-refractivity contribution in [2.75, 3.05) is 6.61 Å². The zero-order valence-corrected chi connectivity index (χ0v) is 47.7. The van der Waals surface area contributed by atoms with Gasteiger partial charge in [0.05, 0.1) is 18.8 Å². The molecule has 0 aromatic rings. The van der Waals surface area contributed by atoms with E-state index in [1.165, 1.54) is 257 Å². The maximum Gasteiger partial charge on any atom is 0.249 e. The van der Waals surface area contributed by atoms with Crippen LogP contribution in [0.5, 0.6) is 0 Å². The summed E-state index contributed by atoms with van der Waals surface area (Å²) >= 11 is 0. The first-order valence-electron chi connectivity index (χ1n) is 31.9. The summed E-state index contributed by atoms with van der Waals surface area (Å²) in [7, 11) is 0. The minimum atomic E-state index is -1.29. The number of amides is 1. The van der Waals surface area contributed by atoms with Crippen molar-refractivity contribution in [2.45, 2.75) is 366 Å². The maximum absolute atomic E-state index is 12.6. The zero-order chi connectivity index (χ0) is 51.6. The van der Waals surface area contributed by atoms with Crippen LogP contribution in [0.1, 0.15) is 341 Å². The van der Waals surface area contributed by atoms with Crippen molar-refractivity contribution in [3.05, 3.63) is 36.5 Å². The van der Waals surface area contributed by atoms with Crippen LogP contribution in [0.15, 0.2) is 36.5 Å². The van der Waals surface area contributed by atoms with E-state index in [1.807, 2.05) is 0 Å². The highest BCUT2D eigenvalue weighted by Gasteiger charge is 2.28. The highest BCUT2D eigenvalue weighted by Crippen LogP contribution is 2.18. The third kappa shape index (κ3) is 53.2. The van der Waals surface area contributed by atoms with Crippen molar-refractivity contribution in [2.24, 2.45) is 0 Å². The summed E-state index contributed by atoms with van der Waals surface area (Å²) in [6.45, 7) is 4.08. The summed E-state index contributed by atoms with van der Waals surface area (Å²) in [6.07, 6.45) is 75.3. The second kappa shape index (κ2) is 59.4. The van der Waals surface area contributed by atoms with Gasteiger partial charge >= 0.3 is 0 Å². The second-order valence-electron chi connectivity index (χ2n) is 22.1. The van der Waals surface area contributed by atoms with Crippen LogP contribution in [-0.4, -0.2) is 57.3 Å². The number of hydrogen-bond donors (Lipinski definition) is 5. The predicted octanol–water partition coefficient (Wildman–Crippen LogP) is 19.1. The van der Waals surface area contributed by atoms with Crippen molar-refractivity contribution >= 4 is 5.91 Å². The number of unbranched alkanes of at least 4 members (excludes halogenated alkanes) is 44. The molecule has 71 heavy (non-hydrogen) atoms. The molecule has 0 aromatic carbocycles. The van der Waals surface area contributed by atoms with Crippen molar-refractivity contribution in [1.82, 2.24) is 5.32 Å². The standard InChI is InChI=1S/C65H125NO5/c1-3-5-7-9-11-13-15-17-19-21-23-25-27-28-29-30-31-32-33-34-35-37-38-40-42-44-46-48-50-52-54-56-58-62(68)64(70)61(60-67)66-65(71)63(69)59-57-55-53-51-49-47-45-43-41-39-36-26-24-22-20-18-16-14-12-10-8-6-4-2/h35,37,42,44,50,52,61-64,67-70H,3-34,36,38-41,43,45-49,51,53-60H2,1-2H3,(H,66,71)/b37-35+,44-42+,52-50+. The molecule has 0 aliphatic rings. The average Bonchev–Trinajstić information content (AvgIpc) is 3.38. The Morgan fingerprint density at radius 1 is 0.338 bits per heavy atom. The van der Waals surface area contributed by atoms with Crippen molar-refractivity contribution in [3.63, 3.8) is 0 Å². The van der Waals surface area contributed by atoms with Crippen molar-refractivity contribution in [3.8, 4) is 0 Å². The van der Waals surface area contributed by atoms with Gasteiger partial charge in [-0.3, -0.25) is 4.79 Å². The first-order chi connectivity index (χ1) is 35.0. The monoisotopic (exact) mass is 1000 g/mol. The molecular formula is C65H125NO5. The van der Waals surface area contributed by atoms with E-state index in [0.29, 0.717) is 19.3 Å². The second-order valence-corrected chi connectivity index (χ2v) is 22.1. The zero-order valence-electron chi connectivity index (χ0n) is 47.7. The summed E-state index contributed by atoms with van der Waals surface area (Å²) in [5, 5.41) is 44.1. The average molecular weight is 1000 g/mol. The van der Waals surface area contributed by atoms with E-state index in [9.17, 15) is 25.2 Å². The summed E-state index contributed by atoms with van der Waals surface area (Å²) in [5.41, 5.74) is 0. The predicted molar refractivity (Wildman–Crippen MR) is 311 cm³/mol. The van der Waals surface area contributed by atoms with E-state index < -0.39 is 36.9 Å². The lowest BCUT2D eigenvalue weighted by atomic mass is 10.00. The number of aliphatic hydroxyl groups is 4. The van der Waals surface area contributed by atoms with Crippen LogP contribution in [0.25, 0.3) is 0 Å². The normalized spacial score (nSPS) is 13.8. The van der Waals surface area contributed by atoms with Crippen LogP contribution in [0, 0.1) is 0 Å². The topological polar surface area (TPSA) is 110 Å². The van der Waals surface area contributed by atoms with Crippen molar-refractivity contribution in [1.29, 1.82) is 0 Å². The Balaban J connectivity index is 3.64. The lowest BCUT2D eigenvalue weighted by molar-refractivity contribution is -0.132. The Kier molecular flexibility index (Phi) is 58.2. The number of nitrogens with one attached hydrogen (secondary N) is 1. The van der Waals surface area contributed by atoms with E-state index in [0.717, 1.165) is 51.4 Å². The molecule has 0 fully saturated rings. The first-order valence-corrected chi connectivity index (χ1v) is 31.9. The fraction of sp³-hybridized carbons (Fsp3) is 0.892. The van der Waals surface area contributed by atoms with E-state index in [-0.39, 0.29) is 0 Å². The van der Waals surface area contributed by atoms with E-state index in [1.54, 1.807) is 0 Å². The Hall–Kier alpha value is -1.47. The number of carbonyl (C=O) groups excluding carboxylic acids is 1. The Morgan fingerprint density at radius 2 is 0.592 bits per heavy atom. The maximum atomic E-state index is 12.6. The van der Waals surface area contributed by atoms with Crippen LogP contribution in [0.4, 0.5) is 0 Å². The van der Waals surface area contributed by atoms with Gasteiger partial charge in [0.2, 0.25) is 5.91 Å². The molecule has 0 rings (SSSR count). The Labute approximate surface area is 443 Å². The van der Waals surface area contributed by atoms with Gasteiger partial charge in [-0.25, -0.2) is 0 Å². The van der Waals surface area contributed by atoms with Crippen LogP contribution < -0.4 is 5.32 Å². The molecule has 0 radical (unpaired) electrons. The summed E-state index contributed by atoms with van der Waals surface area (Å²) in [5.74, 6) is -0.594. The van der Waals surface area contributed by atoms with Gasteiger partial charge < -0.3 is 25.7 Å². The molecule has 0 aliphatic heterocycles. The van der Waals surface area contributed by atoms with Gasteiger partial charge in [-0.05, 0) is 64.2 Å². The number of aliphatic hydroxyl groups excluding tert-OH is 4. The van der Waals surface area contributed by atoms with Gasteiger partial charge in [0.1, 0.15) is 12.2 Å². The molecule has 0 saturated carbocycles. The quantitative estimate of drug-likeness (QED) is 0.0308. The molecule has 4 atom stereocenters. The number of carbonyl (C=O) groups is 1. The Morgan fingerprint density at radius 3 is 0.887 bits per heavy atom. The lowest BCUT2D eigenvalue weighted by Crippen LogP contribution is -2.53. The number of hydrogen-bond acceptors (Lipinski definition) is 5. The molecule has 0 spiro atoms. The molecule has 0 bridgehead atoms. The molecule has 0 saturated heterocycles. The lowest BCUT2D eigenvalue weighted by Gasteiger charge is -2.27. The van der Waals surface area contributed by atoms with E-state index in [4.69, 9.17) is 0 Å². The summed E-state index contributed by atoms with van der Waals surface area (Å²) in [4.78, 5) is 12.6. The highest BCUT2D eigenvalue weighted by molar-refractivity contribution is 5.80. The van der Waals surface area contributed by atoms with Crippen LogP contribution >= 0.6 is 0 Å². The molecule has 5 N–H and O–H groups in total. The van der Waals surface area contributed by atoms with E-state index in [2.05, 4.69) is 55.6 Å². The minimum Gasteiger partial charge on any atom is -0.394 e.